The molecule has 0 spiro atoms. The van der Waals surface area contributed by atoms with Gasteiger partial charge in [0.05, 0.1) is 5.97 Å². The Kier molecular flexibility index (Phi) is 4.30. The Bertz CT molecular complexity index is 904. The van der Waals surface area contributed by atoms with E-state index in [1.807, 2.05) is 25.1 Å². The van der Waals surface area contributed by atoms with E-state index in [9.17, 15) is 14.7 Å². The number of rotatable bonds is 3. The summed E-state index contributed by atoms with van der Waals surface area (Å²) in [5.74, 6) is -1.17. The molecule has 0 radical (unpaired) electrons. The van der Waals surface area contributed by atoms with E-state index in [1.165, 1.54) is 0 Å². The molecule has 0 heterocycles. The minimum atomic E-state index is -1.17. The summed E-state index contributed by atoms with van der Waals surface area (Å²) in [4.78, 5) is 23.5. The molecular formula is C23H25O3-. The van der Waals surface area contributed by atoms with Crippen molar-refractivity contribution in [2.45, 2.75) is 58.3 Å². The Morgan fingerprint density at radius 3 is 2.31 bits per heavy atom. The summed E-state index contributed by atoms with van der Waals surface area (Å²) in [6.45, 7) is 10.5. The predicted molar refractivity (Wildman–Crippen MR) is 102 cm³/mol. The third kappa shape index (κ3) is 2.76. The quantitative estimate of drug-likeness (QED) is 0.781. The second-order valence-corrected chi connectivity index (χ2v) is 8.61. The first-order chi connectivity index (χ1) is 12.1. The summed E-state index contributed by atoms with van der Waals surface area (Å²) in [6.07, 6.45) is 2.83. The molecule has 2 aromatic carbocycles. The van der Waals surface area contributed by atoms with Crippen molar-refractivity contribution in [1.29, 1.82) is 0 Å². The van der Waals surface area contributed by atoms with Crippen molar-refractivity contribution >= 4 is 12.3 Å². The van der Waals surface area contributed by atoms with Crippen molar-refractivity contribution in [1.82, 2.24) is 0 Å². The fourth-order valence-electron chi connectivity index (χ4n) is 4.28. The number of aromatic carboxylic acids is 1. The van der Waals surface area contributed by atoms with Crippen molar-refractivity contribution in [3.8, 4) is 11.1 Å². The summed E-state index contributed by atoms with van der Waals surface area (Å²) in [5.41, 5.74) is 5.10. The zero-order valence-electron chi connectivity index (χ0n) is 16.1. The minimum absolute atomic E-state index is 0.106. The monoisotopic (exact) mass is 349 g/mol. The molecule has 0 aromatic heterocycles. The molecule has 2 aromatic rings. The zero-order valence-corrected chi connectivity index (χ0v) is 16.1. The average Bonchev–Trinajstić information content (AvgIpc) is 2.58. The molecule has 3 nitrogen and oxygen atoms in total. The van der Waals surface area contributed by atoms with Crippen LogP contribution in [0.3, 0.4) is 0 Å². The van der Waals surface area contributed by atoms with Crippen LogP contribution >= 0.6 is 0 Å². The van der Waals surface area contributed by atoms with Gasteiger partial charge in [0.2, 0.25) is 0 Å². The molecule has 26 heavy (non-hydrogen) atoms. The van der Waals surface area contributed by atoms with E-state index in [-0.39, 0.29) is 16.4 Å². The first-order valence-electron chi connectivity index (χ1n) is 9.04. The second kappa shape index (κ2) is 6.08. The first kappa shape index (κ1) is 18.4. The molecule has 0 N–H and O–H groups in total. The lowest BCUT2D eigenvalue weighted by atomic mass is 9.60. The van der Waals surface area contributed by atoms with Crippen LogP contribution in [0.15, 0.2) is 30.3 Å². The van der Waals surface area contributed by atoms with Crippen molar-refractivity contribution < 1.29 is 14.7 Å². The third-order valence-electron chi connectivity index (χ3n) is 5.94. The van der Waals surface area contributed by atoms with E-state index in [4.69, 9.17) is 0 Å². The van der Waals surface area contributed by atoms with Crippen LogP contribution in [-0.2, 0) is 10.8 Å². The number of hydrogen-bond acceptors (Lipinski definition) is 3. The van der Waals surface area contributed by atoms with Gasteiger partial charge in [-0.1, -0.05) is 52.0 Å². The lowest BCUT2D eigenvalue weighted by Gasteiger charge is -2.44. The van der Waals surface area contributed by atoms with Crippen LogP contribution < -0.4 is 5.11 Å². The van der Waals surface area contributed by atoms with Crippen LogP contribution in [0.1, 0.15) is 77.9 Å². The van der Waals surface area contributed by atoms with E-state index in [0.29, 0.717) is 11.1 Å². The molecule has 0 saturated heterocycles. The lowest BCUT2D eigenvalue weighted by Crippen LogP contribution is -2.36. The van der Waals surface area contributed by atoms with Crippen molar-refractivity contribution in [2.75, 3.05) is 0 Å². The molecule has 0 atom stereocenters. The van der Waals surface area contributed by atoms with Crippen molar-refractivity contribution in [3.63, 3.8) is 0 Å². The maximum absolute atomic E-state index is 11.8. The molecule has 0 unspecified atom stereocenters. The summed E-state index contributed by atoms with van der Waals surface area (Å²) < 4.78 is 0. The molecule has 0 amide bonds. The SMILES string of the molecule is Cc1c(C(=O)[O-])cc2c(c1-c1ccccc1C=O)C(C)(C)CCC2(C)C. The van der Waals surface area contributed by atoms with E-state index >= 15 is 0 Å². The van der Waals surface area contributed by atoms with Gasteiger partial charge in [-0.25, -0.2) is 0 Å². The Morgan fingerprint density at radius 2 is 1.69 bits per heavy atom. The number of fused-ring (bicyclic) bond motifs is 1. The van der Waals surface area contributed by atoms with Crippen molar-refractivity contribution in [2.24, 2.45) is 0 Å². The largest absolute Gasteiger partial charge is 0.545 e. The van der Waals surface area contributed by atoms with Crippen molar-refractivity contribution in [3.05, 3.63) is 58.1 Å². The molecule has 0 fully saturated rings. The minimum Gasteiger partial charge on any atom is -0.545 e. The average molecular weight is 349 g/mol. The highest BCUT2D eigenvalue weighted by atomic mass is 16.4. The molecule has 136 valence electrons. The Balaban J connectivity index is 2.53. The van der Waals surface area contributed by atoms with Gasteiger partial charge in [0.1, 0.15) is 0 Å². The lowest BCUT2D eigenvalue weighted by molar-refractivity contribution is -0.255. The van der Waals surface area contributed by atoms with Gasteiger partial charge in [-0.2, -0.15) is 0 Å². The third-order valence-corrected chi connectivity index (χ3v) is 5.94. The number of benzene rings is 2. The predicted octanol–water partition coefficient (Wildman–Crippen LogP) is 4.19. The van der Waals surface area contributed by atoms with Crippen LogP contribution in [0.4, 0.5) is 0 Å². The fraction of sp³-hybridized carbons (Fsp3) is 0.391. The van der Waals surface area contributed by atoms with Gasteiger partial charge < -0.3 is 9.90 Å². The number of hydrogen-bond donors (Lipinski definition) is 0. The maximum atomic E-state index is 11.8. The Morgan fingerprint density at radius 1 is 1.08 bits per heavy atom. The Hall–Kier alpha value is -2.42. The van der Waals surface area contributed by atoms with Crippen LogP contribution in [0.2, 0.25) is 0 Å². The molecule has 3 rings (SSSR count). The second-order valence-electron chi connectivity index (χ2n) is 8.61. The summed E-state index contributed by atoms with van der Waals surface area (Å²) in [7, 11) is 0. The number of carboxylic acids is 1. The van der Waals surface area contributed by atoms with Gasteiger partial charge in [0.15, 0.2) is 6.29 Å². The van der Waals surface area contributed by atoms with E-state index in [0.717, 1.165) is 41.4 Å². The van der Waals surface area contributed by atoms with E-state index < -0.39 is 5.97 Å². The van der Waals surface area contributed by atoms with Crippen LogP contribution in [0, 0.1) is 6.92 Å². The van der Waals surface area contributed by atoms with Crippen LogP contribution in [0.5, 0.6) is 0 Å². The first-order valence-corrected chi connectivity index (χ1v) is 9.04. The van der Waals surface area contributed by atoms with Gasteiger partial charge in [0.25, 0.3) is 0 Å². The zero-order chi connectivity index (χ0) is 19.3. The summed E-state index contributed by atoms with van der Waals surface area (Å²) in [5, 5.41) is 11.8. The molecule has 0 saturated carbocycles. The highest BCUT2D eigenvalue weighted by Gasteiger charge is 2.40. The molecule has 3 heteroatoms. The molecule has 1 aliphatic rings. The highest BCUT2D eigenvalue weighted by molar-refractivity contribution is 5.96. The molecule has 0 aliphatic heterocycles. The van der Waals surface area contributed by atoms with Crippen LogP contribution in [0.25, 0.3) is 11.1 Å². The Labute approximate surface area is 155 Å². The van der Waals surface area contributed by atoms with Gasteiger partial charge in [-0.05, 0) is 64.5 Å². The smallest absolute Gasteiger partial charge is 0.150 e. The fourth-order valence-corrected chi connectivity index (χ4v) is 4.28. The van der Waals surface area contributed by atoms with Gasteiger partial charge >= 0.3 is 0 Å². The van der Waals surface area contributed by atoms with Crippen LogP contribution in [-0.4, -0.2) is 12.3 Å². The number of carbonyl (C=O) groups is 2. The standard InChI is InChI=1S/C23H26O3/c1-14-17(21(25)26)12-18-20(23(4,5)11-10-22(18,2)3)19(14)16-9-7-6-8-15(16)13-24/h6-9,12-13H,10-11H2,1-5H3,(H,25,26)/p-1. The van der Waals surface area contributed by atoms with Gasteiger partial charge in [0, 0.05) is 11.1 Å². The normalized spacial score (nSPS) is 17.4. The highest BCUT2D eigenvalue weighted by Crippen LogP contribution is 2.51. The van der Waals surface area contributed by atoms with Gasteiger partial charge in [-0.3, -0.25) is 4.79 Å². The maximum Gasteiger partial charge on any atom is 0.150 e. The topological polar surface area (TPSA) is 57.2 Å². The van der Waals surface area contributed by atoms with E-state index in [1.54, 1.807) is 12.1 Å². The number of carbonyl (C=O) groups excluding carboxylic acids is 2. The van der Waals surface area contributed by atoms with Gasteiger partial charge in [-0.15, -0.1) is 0 Å². The molecular weight excluding hydrogens is 324 g/mol. The summed E-state index contributed by atoms with van der Waals surface area (Å²) in [6, 6.07) is 9.20. The van der Waals surface area contributed by atoms with E-state index in [2.05, 4.69) is 27.7 Å². The summed E-state index contributed by atoms with van der Waals surface area (Å²) >= 11 is 0. The molecule has 0 bridgehead atoms. The number of aldehydes is 1. The molecule has 1 aliphatic carbocycles. The number of carboxylic acid groups (broad SMARTS) is 1.